The number of aromatic nitrogens is 3. The van der Waals surface area contributed by atoms with Crippen molar-refractivity contribution in [1.29, 1.82) is 0 Å². The second kappa shape index (κ2) is 8.83. The summed E-state index contributed by atoms with van der Waals surface area (Å²) in [4.78, 5) is 23.8. The summed E-state index contributed by atoms with van der Waals surface area (Å²) >= 11 is 6.37. The van der Waals surface area contributed by atoms with Crippen molar-refractivity contribution in [1.82, 2.24) is 25.6 Å². The Morgan fingerprint density at radius 3 is 2.78 bits per heavy atom. The Balaban J connectivity index is 0.000000481. The molecule has 1 aliphatic heterocycles. The largest absolute Gasteiger partial charge is 0.362 e. The number of aromatic amines is 1. The van der Waals surface area contributed by atoms with Gasteiger partial charge in [0.25, 0.3) is 0 Å². The minimum absolute atomic E-state index is 0.516. The highest BCUT2D eigenvalue weighted by atomic mass is 35.5. The van der Waals surface area contributed by atoms with Crippen molar-refractivity contribution in [2.45, 2.75) is 12.5 Å². The summed E-state index contributed by atoms with van der Waals surface area (Å²) < 4.78 is 0. The number of carbonyl (C=O) groups is 1. The predicted octanol–water partition coefficient (Wildman–Crippen LogP) is 2.44. The first-order valence-corrected chi connectivity index (χ1v) is 9.17. The third-order valence-electron chi connectivity index (χ3n) is 4.52. The molecule has 7 nitrogen and oxygen atoms in total. The lowest BCUT2D eigenvalue weighted by Crippen LogP contribution is -2.29. The first kappa shape index (κ1) is 19.1. The minimum Gasteiger partial charge on any atom is -0.362 e. The number of pyridine rings is 1. The normalized spacial score (nSPS) is 16.1. The summed E-state index contributed by atoms with van der Waals surface area (Å²) in [5.74, 6) is 1.73. The van der Waals surface area contributed by atoms with Crippen LogP contribution in [0.3, 0.4) is 0 Å². The Morgan fingerprint density at radius 2 is 2.11 bits per heavy atom. The molecule has 0 spiro atoms. The molecule has 27 heavy (non-hydrogen) atoms. The summed E-state index contributed by atoms with van der Waals surface area (Å²) in [6.07, 6.45) is 3.47. The maximum Gasteiger partial charge on any atom is 0.206 e. The second-order valence-electron chi connectivity index (χ2n) is 6.25. The molecule has 0 radical (unpaired) electrons. The fourth-order valence-electron chi connectivity index (χ4n) is 3.07. The van der Waals surface area contributed by atoms with Gasteiger partial charge >= 0.3 is 0 Å². The smallest absolute Gasteiger partial charge is 0.206 e. The molecule has 3 heterocycles. The average molecular weight is 387 g/mol. The molecular formula is C19H23ClN6O. The van der Waals surface area contributed by atoms with Gasteiger partial charge < -0.3 is 20.5 Å². The van der Waals surface area contributed by atoms with E-state index in [1.165, 1.54) is 0 Å². The zero-order valence-electron chi connectivity index (χ0n) is 15.4. The molecule has 2 aromatic heterocycles. The fraction of sp³-hybridized carbons (Fsp3) is 0.316. The molecule has 8 heteroatoms. The topological polar surface area (TPSA) is 85.9 Å². The molecule has 4 rings (SSSR count). The van der Waals surface area contributed by atoms with Gasteiger partial charge in [0.2, 0.25) is 6.41 Å². The third kappa shape index (κ3) is 4.37. The second-order valence-corrected chi connectivity index (χ2v) is 6.66. The van der Waals surface area contributed by atoms with Crippen molar-refractivity contribution in [3.05, 3.63) is 41.6 Å². The number of halogens is 1. The predicted molar refractivity (Wildman–Crippen MR) is 109 cm³/mol. The fourth-order valence-corrected chi connectivity index (χ4v) is 3.26. The van der Waals surface area contributed by atoms with Gasteiger partial charge in [-0.3, -0.25) is 4.79 Å². The summed E-state index contributed by atoms with van der Waals surface area (Å²) in [5, 5.41) is 6.18. The van der Waals surface area contributed by atoms with Crippen LogP contribution in [0.5, 0.6) is 0 Å². The quantitative estimate of drug-likeness (QED) is 0.599. The highest BCUT2D eigenvalue weighted by Gasteiger charge is 2.23. The number of imidazole rings is 1. The molecule has 3 aromatic rings. The van der Waals surface area contributed by atoms with Crippen molar-refractivity contribution in [2.75, 3.05) is 32.1 Å². The lowest BCUT2D eigenvalue weighted by Gasteiger charge is -2.18. The summed E-state index contributed by atoms with van der Waals surface area (Å²) in [6.45, 7) is 1.96. The Morgan fingerprint density at radius 1 is 1.33 bits per heavy atom. The Kier molecular flexibility index (Phi) is 6.26. The van der Waals surface area contributed by atoms with Crippen molar-refractivity contribution in [3.8, 4) is 11.4 Å². The van der Waals surface area contributed by atoms with E-state index in [1.807, 2.05) is 37.4 Å². The lowest BCUT2D eigenvalue weighted by molar-refractivity contribution is -0.109. The maximum atomic E-state index is 9.06. The van der Waals surface area contributed by atoms with Gasteiger partial charge in [0.05, 0.1) is 16.1 Å². The van der Waals surface area contributed by atoms with Crippen LogP contribution in [0.2, 0.25) is 5.02 Å². The Labute approximate surface area is 163 Å². The van der Waals surface area contributed by atoms with Gasteiger partial charge in [-0.1, -0.05) is 23.7 Å². The molecule has 1 atom stereocenters. The van der Waals surface area contributed by atoms with Crippen LogP contribution in [0.1, 0.15) is 6.42 Å². The first-order chi connectivity index (χ1) is 13.2. The SMILES string of the molecule is CNC1CCN(c2cc(-c3nc4ccccc4[nH]3)c(Cl)cn2)C1.CNC=O. The van der Waals surface area contributed by atoms with Crippen LogP contribution < -0.4 is 15.5 Å². The van der Waals surface area contributed by atoms with Gasteiger partial charge in [-0.05, 0) is 31.7 Å². The number of nitrogens with one attached hydrogen (secondary N) is 3. The van der Waals surface area contributed by atoms with Crippen LogP contribution in [-0.2, 0) is 4.79 Å². The van der Waals surface area contributed by atoms with Crippen LogP contribution in [0.4, 0.5) is 5.82 Å². The van der Waals surface area contributed by atoms with E-state index in [-0.39, 0.29) is 0 Å². The third-order valence-corrected chi connectivity index (χ3v) is 4.82. The van der Waals surface area contributed by atoms with E-state index in [1.54, 1.807) is 13.2 Å². The van der Waals surface area contributed by atoms with E-state index >= 15 is 0 Å². The van der Waals surface area contributed by atoms with Crippen LogP contribution >= 0.6 is 11.6 Å². The molecule has 1 unspecified atom stereocenters. The molecule has 3 N–H and O–H groups in total. The standard InChI is InChI=1S/C17H18ClN5.C2H5NO/c1-19-11-6-7-23(10-11)16-8-12(13(18)9-20-16)17-21-14-4-2-3-5-15(14)22-17;1-3-2-4/h2-5,8-9,11,19H,6-7,10H2,1H3,(H,21,22);2H,1H3,(H,3,4). The van der Waals surface area contributed by atoms with Crippen LogP contribution in [0.25, 0.3) is 22.4 Å². The molecule has 1 aliphatic rings. The number of rotatable bonds is 4. The number of amides is 1. The number of carbonyl (C=O) groups excluding carboxylic acids is 1. The molecule has 1 amide bonds. The van der Waals surface area contributed by atoms with Gasteiger partial charge in [0.1, 0.15) is 11.6 Å². The molecule has 1 saturated heterocycles. The lowest BCUT2D eigenvalue weighted by atomic mass is 10.2. The van der Waals surface area contributed by atoms with E-state index in [9.17, 15) is 0 Å². The number of fused-ring (bicyclic) bond motifs is 1. The molecule has 0 aliphatic carbocycles. The highest BCUT2D eigenvalue weighted by molar-refractivity contribution is 6.33. The zero-order valence-corrected chi connectivity index (χ0v) is 16.1. The number of hydrogen-bond acceptors (Lipinski definition) is 5. The number of benzene rings is 1. The number of anilines is 1. The van der Waals surface area contributed by atoms with E-state index in [4.69, 9.17) is 16.4 Å². The molecule has 1 fully saturated rings. The monoisotopic (exact) mass is 386 g/mol. The molecule has 1 aromatic carbocycles. The van der Waals surface area contributed by atoms with Crippen molar-refractivity contribution < 1.29 is 4.79 Å². The number of nitrogens with zero attached hydrogens (tertiary/aromatic N) is 3. The van der Waals surface area contributed by atoms with Crippen molar-refractivity contribution >= 4 is 34.9 Å². The number of H-pyrrole nitrogens is 1. The molecular weight excluding hydrogens is 364 g/mol. The molecule has 0 bridgehead atoms. The minimum atomic E-state index is 0.516. The molecule has 0 saturated carbocycles. The zero-order chi connectivity index (χ0) is 19.2. The van der Waals surface area contributed by atoms with Crippen LogP contribution in [0, 0.1) is 0 Å². The van der Waals surface area contributed by atoms with E-state index < -0.39 is 0 Å². The van der Waals surface area contributed by atoms with Gasteiger partial charge in [-0.2, -0.15) is 0 Å². The molecule has 142 valence electrons. The van der Waals surface area contributed by atoms with E-state index in [2.05, 4.69) is 30.5 Å². The first-order valence-electron chi connectivity index (χ1n) is 8.80. The van der Waals surface area contributed by atoms with Gasteiger partial charge in [-0.25, -0.2) is 9.97 Å². The van der Waals surface area contributed by atoms with Crippen LogP contribution in [0.15, 0.2) is 36.5 Å². The van der Waals surface area contributed by atoms with E-state index in [0.717, 1.165) is 47.7 Å². The maximum absolute atomic E-state index is 9.06. The average Bonchev–Trinajstić information content (AvgIpc) is 3.35. The number of para-hydroxylation sites is 2. The number of likely N-dealkylation sites (N-methyl/N-ethyl adjacent to an activating group) is 1. The summed E-state index contributed by atoms with van der Waals surface area (Å²) in [7, 11) is 3.57. The van der Waals surface area contributed by atoms with E-state index in [0.29, 0.717) is 17.5 Å². The number of hydrogen-bond donors (Lipinski definition) is 3. The van der Waals surface area contributed by atoms with Crippen molar-refractivity contribution in [2.24, 2.45) is 0 Å². The van der Waals surface area contributed by atoms with Crippen LogP contribution in [-0.4, -0.2) is 54.6 Å². The van der Waals surface area contributed by atoms with Crippen molar-refractivity contribution in [3.63, 3.8) is 0 Å². The Bertz CT molecular complexity index is 879. The highest BCUT2D eigenvalue weighted by Crippen LogP contribution is 2.31. The summed E-state index contributed by atoms with van der Waals surface area (Å²) in [6, 6.07) is 10.5. The van der Waals surface area contributed by atoms with Gasteiger partial charge in [0, 0.05) is 37.9 Å². The summed E-state index contributed by atoms with van der Waals surface area (Å²) in [5.41, 5.74) is 2.84. The van der Waals surface area contributed by atoms with Gasteiger partial charge in [-0.15, -0.1) is 0 Å². The van der Waals surface area contributed by atoms with Gasteiger partial charge in [0.15, 0.2) is 0 Å². The Hall–Kier alpha value is -2.64.